The lowest BCUT2D eigenvalue weighted by molar-refractivity contribution is -0.131. The highest BCUT2D eigenvalue weighted by molar-refractivity contribution is 5.94. The summed E-state index contributed by atoms with van der Waals surface area (Å²) in [5.41, 5.74) is 1.97. The minimum Gasteiger partial charge on any atom is -0.347 e. The fraction of sp³-hybridized carbons (Fsp3) is 0.652. The summed E-state index contributed by atoms with van der Waals surface area (Å²) < 4.78 is 14.7. The molecule has 0 radical (unpaired) electrons. The Morgan fingerprint density at radius 3 is 2.40 bits per heavy atom. The zero-order chi connectivity index (χ0) is 20.0. The van der Waals surface area contributed by atoms with E-state index in [1.165, 1.54) is 38.5 Å². The number of amides is 2. The second-order valence-corrected chi connectivity index (χ2v) is 9.91. The van der Waals surface area contributed by atoms with Crippen LogP contribution in [-0.4, -0.2) is 24.9 Å². The van der Waals surface area contributed by atoms with Crippen LogP contribution in [0.4, 0.5) is 10.1 Å². The van der Waals surface area contributed by atoms with E-state index in [1.54, 1.807) is 6.07 Å². The van der Waals surface area contributed by atoms with E-state index in [1.807, 2.05) is 6.07 Å². The molecule has 2 amide bonds. The molecule has 4 bridgehead atoms. The van der Waals surface area contributed by atoms with Crippen LogP contribution < -0.4 is 16.0 Å². The maximum Gasteiger partial charge on any atom is 0.243 e. The van der Waals surface area contributed by atoms with Gasteiger partial charge in [0.15, 0.2) is 0 Å². The maximum atomic E-state index is 14.7. The monoisotopic (exact) mass is 435 g/mol. The van der Waals surface area contributed by atoms with Gasteiger partial charge < -0.3 is 16.0 Å². The van der Waals surface area contributed by atoms with Crippen LogP contribution >= 0.6 is 12.4 Å². The Balaban J connectivity index is 0.00000218. The number of nitrogens with one attached hydrogen (secondary N) is 3. The van der Waals surface area contributed by atoms with Crippen LogP contribution in [0.1, 0.15) is 56.1 Å². The summed E-state index contributed by atoms with van der Waals surface area (Å²) in [5, 5.41) is 8.62. The van der Waals surface area contributed by atoms with Crippen LogP contribution in [0, 0.1) is 29.0 Å². The Morgan fingerprint density at radius 2 is 1.73 bits per heavy atom. The summed E-state index contributed by atoms with van der Waals surface area (Å²) in [6.45, 7) is 1.28. The summed E-state index contributed by atoms with van der Waals surface area (Å²) in [6, 6.07) is 3.46. The number of hydrogen-bond donors (Lipinski definition) is 3. The predicted octanol–water partition coefficient (Wildman–Crippen LogP) is 3.55. The van der Waals surface area contributed by atoms with E-state index < -0.39 is 0 Å². The van der Waals surface area contributed by atoms with Crippen LogP contribution in [-0.2, 0) is 22.6 Å². The van der Waals surface area contributed by atoms with E-state index in [9.17, 15) is 14.0 Å². The van der Waals surface area contributed by atoms with Crippen LogP contribution in [0.2, 0.25) is 0 Å². The Morgan fingerprint density at radius 1 is 1.07 bits per heavy atom. The quantitative estimate of drug-likeness (QED) is 0.662. The van der Waals surface area contributed by atoms with Crippen molar-refractivity contribution < 1.29 is 14.0 Å². The van der Waals surface area contributed by atoms with E-state index in [4.69, 9.17) is 0 Å². The van der Waals surface area contributed by atoms with E-state index in [-0.39, 0.29) is 47.7 Å². The molecule has 0 unspecified atom stereocenters. The number of halogens is 2. The van der Waals surface area contributed by atoms with Gasteiger partial charge in [-0.05, 0) is 91.9 Å². The minimum atomic E-state index is -0.378. The number of hydrogen-bond acceptors (Lipinski definition) is 3. The summed E-state index contributed by atoms with van der Waals surface area (Å²) >= 11 is 0. The van der Waals surface area contributed by atoms with Crippen molar-refractivity contribution in [3.8, 4) is 0 Å². The zero-order valence-electron chi connectivity index (χ0n) is 17.3. The van der Waals surface area contributed by atoms with Gasteiger partial charge in [-0.25, -0.2) is 4.39 Å². The second-order valence-electron chi connectivity index (χ2n) is 9.91. The summed E-state index contributed by atoms with van der Waals surface area (Å²) in [7, 11) is 0. The van der Waals surface area contributed by atoms with Crippen molar-refractivity contribution in [2.45, 2.75) is 57.9 Å². The number of anilines is 1. The lowest BCUT2D eigenvalue weighted by atomic mass is 9.49. The molecule has 4 fully saturated rings. The number of rotatable bonds is 5. The van der Waals surface area contributed by atoms with Gasteiger partial charge in [-0.2, -0.15) is 0 Å². The van der Waals surface area contributed by atoms with Crippen LogP contribution in [0.25, 0.3) is 0 Å². The molecule has 0 saturated heterocycles. The SMILES string of the molecule is Cl.O=C(CC12CC3CC(CC(C3)C1)C2)NCC(=O)Nc1ccc2c(c1F)CCNC2. The summed E-state index contributed by atoms with van der Waals surface area (Å²) in [5.74, 6) is 1.64. The molecule has 3 N–H and O–H groups in total. The zero-order valence-corrected chi connectivity index (χ0v) is 18.1. The Kier molecular flexibility index (Phi) is 6.08. The first-order valence-corrected chi connectivity index (χ1v) is 11.1. The molecule has 164 valence electrons. The third-order valence-corrected chi connectivity index (χ3v) is 7.63. The van der Waals surface area contributed by atoms with Gasteiger partial charge in [0, 0.05) is 13.0 Å². The predicted molar refractivity (Wildman–Crippen MR) is 116 cm³/mol. The third-order valence-electron chi connectivity index (χ3n) is 7.63. The van der Waals surface area contributed by atoms with Gasteiger partial charge >= 0.3 is 0 Å². The largest absolute Gasteiger partial charge is 0.347 e. The average Bonchev–Trinajstić information content (AvgIpc) is 2.67. The maximum absolute atomic E-state index is 14.7. The molecule has 0 spiro atoms. The molecule has 4 aliphatic carbocycles. The highest BCUT2D eigenvalue weighted by atomic mass is 35.5. The molecule has 30 heavy (non-hydrogen) atoms. The van der Waals surface area contributed by atoms with Crippen molar-refractivity contribution in [1.29, 1.82) is 0 Å². The first-order chi connectivity index (χ1) is 14.0. The molecule has 6 rings (SSSR count). The summed E-state index contributed by atoms with van der Waals surface area (Å²) in [6.07, 6.45) is 8.73. The number of fused-ring (bicyclic) bond motifs is 1. The molecule has 7 heteroatoms. The van der Waals surface area contributed by atoms with E-state index in [0.29, 0.717) is 24.9 Å². The smallest absolute Gasteiger partial charge is 0.243 e. The standard InChI is InChI=1S/C23H30FN3O2.ClH/c24-22-18-3-4-25-12-17(18)1-2-19(22)27-21(29)13-26-20(28)11-23-8-14-5-15(9-23)7-16(6-14)10-23;/h1-2,14-16,25H,3-13H2,(H,26,28)(H,27,29);1H. The molecule has 0 atom stereocenters. The highest BCUT2D eigenvalue weighted by Crippen LogP contribution is 2.61. The normalized spacial score (nSPS) is 30.9. The van der Waals surface area contributed by atoms with E-state index in [2.05, 4.69) is 16.0 Å². The fourth-order valence-electron chi connectivity index (χ4n) is 6.91. The third kappa shape index (κ3) is 4.22. The molecule has 5 nitrogen and oxygen atoms in total. The fourth-order valence-corrected chi connectivity index (χ4v) is 6.91. The van der Waals surface area contributed by atoms with Gasteiger partial charge in [0.2, 0.25) is 11.8 Å². The van der Waals surface area contributed by atoms with Gasteiger partial charge in [0.05, 0.1) is 12.2 Å². The van der Waals surface area contributed by atoms with Crippen LogP contribution in [0.5, 0.6) is 0 Å². The molecule has 0 aromatic heterocycles. The van der Waals surface area contributed by atoms with Gasteiger partial charge in [0.25, 0.3) is 0 Å². The minimum absolute atomic E-state index is 0. The number of carbonyl (C=O) groups is 2. The number of benzene rings is 1. The topological polar surface area (TPSA) is 70.2 Å². The van der Waals surface area contributed by atoms with Crippen molar-refractivity contribution in [1.82, 2.24) is 10.6 Å². The van der Waals surface area contributed by atoms with Gasteiger partial charge in [-0.1, -0.05) is 6.07 Å². The van der Waals surface area contributed by atoms with Gasteiger partial charge in [-0.3, -0.25) is 9.59 Å². The first-order valence-electron chi connectivity index (χ1n) is 11.1. The van der Waals surface area contributed by atoms with Crippen molar-refractivity contribution in [2.24, 2.45) is 23.2 Å². The highest BCUT2D eigenvalue weighted by Gasteiger charge is 2.51. The second kappa shape index (κ2) is 8.46. The lowest BCUT2D eigenvalue weighted by Gasteiger charge is -2.56. The van der Waals surface area contributed by atoms with Crippen LogP contribution in [0.15, 0.2) is 12.1 Å². The van der Waals surface area contributed by atoms with Crippen molar-refractivity contribution in [3.05, 3.63) is 29.1 Å². The lowest BCUT2D eigenvalue weighted by Crippen LogP contribution is -2.48. The molecule has 1 aliphatic heterocycles. The molecule has 1 heterocycles. The van der Waals surface area contributed by atoms with Gasteiger partial charge in [0.1, 0.15) is 5.82 Å². The van der Waals surface area contributed by atoms with Crippen LogP contribution in [0.3, 0.4) is 0 Å². The van der Waals surface area contributed by atoms with E-state index >= 15 is 0 Å². The Hall–Kier alpha value is -1.66. The molecule has 1 aromatic carbocycles. The number of carbonyl (C=O) groups excluding carboxylic acids is 2. The Labute approximate surface area is 183 Å². The van der Waals surface area contributed by atoms with Crippen molar-refractivity contribution >= 4 is 29.9 Å². The molecule has 4 saturated carbocycles. The molecular formula is C23H31ClFN3O2. The van der Waals surface area contributed by atoms with Crippen molar-refractivity contribution in [2.75, 3.05) is 18.4 Å². The molecular weight excluding hydrogens is 405 g/mol. The molecule has 1 aromatic rings. The van der Waals surface area contributed by atoms with Crippen molar-refractivity contribution in [3.63, 3.8) is 0 Å². The first kappa shape index (κ1) is 21.6. The average molecular weight is 436 g/mol. The van der Waals surface area contributed by atoms with E-state index in [0.717, 1.165) is 29.9 Å². The summed E-state index contributed by atoms with van der Waals surface area (Å²) in [4.78, 5) is 24.9. The molecule has 5 aliphatic rings. The van der Waals surface area contributed by atoms with Gasteiger partial charge in [-0.15, -0.1) is 12.4 Å². The Bertz CT molecular complexity index is 809.